The molecular formula is C10H13BrO4S. The molecule has 0 fully saturated rings. The zero-order valence-electron chi connectivity index (χ0n) is 8.85. The Morgan fingerprint density at radius 1 is 1.31 bits per heavy atom. The van der Waals surface area contributed by atoms with Crippen molar-refractivity contribution < 1.29 is 17.3 Å². The van der Waals surface area contributed by atoms with Crippen LogP contribution in [0.1, 0.15) is 6.42 Å². The third-order valence-corrected chi connectivity index (χ3v) is 2.66. The maximum Gasteiger partial charge on any atom is 0.306 e. The first-order chi connectivity index (χ1) is 7.51. The smallest absolute Gasteiger partial charge is 0.306 e. The van der Waals surface area contributed by atoms with E-state index in [1.807, 2.05) is 0 Å². The number of alkyl halides is 1. The lowest BCUT2D eigenvalue weighted by Gasteiger charge is -2.07. The van der Waals surface area contributed by atoms with Crippen molar-refractivity contribution in [1.82, 2.24) is 0 Å². The van der Waals surface area contributed by atoms with Gasteiger partial charge in [-0.05, 0) is 18.6 Å². The number of halogens is 1. The standard InChI is InChI=1S/C10H13BrO4S/c1-16(12,13)15-10-5-2-4-9(8-10)14-7-3-6-11/h2,4-5,8H,3,6-7H2,1H3. The first kappa shape index (κ1) is 13.3. The largest absolute Gasteiger partial charge is 0.493 e. The highest BCUT2D eigenvalue weighted by atomic mass is 79.9. The van der Waals surface area contributed by atoms with Crippen LogP contribution in [0.2, 0.25) is 0 Å². The van der Waals surface area contributed by atoms with E-state index in [1.165, 1.54) is 0 Å². The fraction of sp³-hybridized carbons (Fsp3) is 0.400. The van der Waals surface area contributed by atoms with Gasteiger partial charge < -0.3 is 8.92 Å². The van der Waals surface area contributed by atoms with Crippen molar-refractivity contribution >= 4 is 26.0 Å². The van der Waals surface area contributed by atoms with E-state index in [1.54, 1.807) is 24.3 Å². The summed E-state index contributed by atoms with van der Waals surface area (Å²) in [6.45, 7) is 0.577. The zero-order valence-corrected chi connectivity index (χ0v) is 11.3. The summed E-state index contributed by atoms with van der Waals surface area (Å²) in [5.74, 6) is 0.862. The molecule has 1 rings (SSSR count). The SMILES string of the molecule is CS(=O)(=O)Oc1cccc(OCCCBr)c1. The average molecular weight is 309 g/mol. The summed E-state index contributed by atoms with van der Waals surface area (Å²) in [6.07, 6.45) is 1.89. The van der Waals surface area contributed by atoms with Gasteiger partial charge in [-0.25, -0.2) is 0 Å². The molecule has 0 bridgehead atoms. The molecule has 0 aliphatic rings. The molecule has 0 saturated carbocycles. The van der Waals surface area contributed by atoms with Crippen LogP contribution < -0.4 is 8.92 Å². The quantitative estimate of drug-likeness (QED) is 0.459. The van der Waals surface area contributed by atoms with Gasteiger partial charge >= 0.3 is 10.1 Å². The van der Waals surface area contributed by atoms with Crippen LogP contribution in [0.5, 0.6) is 11.5 Å². The Kier molecular flexibility index (Phi) is 5.08. The predicted octanol–water partition coefficient (Wildman–Crippen LogP) is 2.19. The van der Waals surface area contributed by atoms with Gasteiger partial charge in [-0.1, -0.05) is 22.0 Å². The second-order valence-electron chi connectivity index (χ2n) is 3.15. The van der Waals surface area contributed by atoms with E-state index >= 15 is 0 Å². The number of benzene rings is 1. The fourth-order valence-corrected chi connectivity index (χ4v) is 1.72. The molecular weight excluding hydrogens is 296 g/mol. The lowest BCUT2D eigenvalue weighted by molar-refractivity contribution is 0.318. The Balaban J connectivity index is 2.64. The lowest BCUT2D eigenvalue weighted by atomic mass is 10.3. The van der Waals surface area contributed by atoms with Crippen LogP contribution in [0.15, 0.2) is 24.3 Å². The molecule has 1 aromatic carbocycles. The van der Waals surface area contributed by atoms with Crippen molar-refractivity contribution in [3.63, 3.8) is 0 Å². The summed E-state index contributed by atoms with van der Waals surface area (Å²) in [4.78, 5) is 0. The van der Waals surface area contributed by atoms with Crippen LogP contribution >= 0.6 is 15.9 Å². The molecule has 0 aliphatic carbocycles. The minimum absolute atomic E-state index is 0.263. The van der Waals surface area contributed by atoms with Crippen LogP contribution in [0.25, 0.3) is 0 Å². The summed E-state index contributed by atoms with van der Waals surface area (Å²) >= 11 is 3.29. The van der Waals surface area contributed by atoms with Crippen LogP contribution in [0.4, 0.5) is 0 Å². The number of ether oxygens (including phenoxy) is 1. The normalized spacial score (nSPS) is 11.1. The third kappa shape index (κ3) is 5.37. The molecule has 0 saturated heterocycles. The fourth-order valence-electron chi connectivity index (χ4n) is 1.04. The second kappa shape index (κ2) is 6.10. The molecule has 16 heavy (non-hydrogen) atoms. The average Bonchev–Trinajstić information content (AvgIpc) is 2.16. The van der Waals surface area contributed by atoms with Crippen molar-refractivity contribution in [2.75, 3.05) is 18.2 Å². The van der Waals surface area contributed by atoms with Crippen LogP contribution in [-0.4, -0.2) is 26.6 Å². The molecule has 0 spiro atoms. The van der Waals surface area contributed by atoms with Gasteiger partial charge in [0.05, 0.1) is 12.9 Å². The Bertz CT molecular complexity index is 430. The summed E-state index contributed by atoms with van der Waals surface area (Å²) in [6, 6.07) is 6.56. The van der Waals surface area contributed by atoms with Crippen LogP contribution in [0, 0.1) is 0 Å². The van der Waals surface area contributed by atoms with E-state index < -0.39 is 10.1 Å². The molecule has 0 atom stereocenters. The first-order valence-electron chi connectivity index (χ1n) is 4.69. The zero-order chi connectivity index (χ0) is 12.0. The highest BCUT2D eigenvalue weighted by Gasteiger charge is 2.05. The van der Waals surface area contributed by atoms with Gasteiger partial charge in [-0.15, -0.1) is 0 Å². The highest BCUT2D eigenvalue weighted by Crippen LogP contribution is 2.20. The Labute approximate surface area is 104 Å². The van der Waals surface area contributed by atoms with Crippen molar-refractivity contribution in [1.29, 1.82) is 0 Å². The van der Waals surface area contributed by atoms with E-state index in [2.05, 4.69) is 15.9 Å². The van der Waals surface area contributed by atoms with E-state index in [0.717, 1.165) is 18.0 Å². The molecule has 6 heteroatoms. The molecule has 0 aliphatic heterocycles. The molecule has 4 nitrogen and oxygen atoms in total. The number of hydrogen-bond acceptors (Lipinski definition) is 4. The minimum Gasteiger partial charge on any atom is -0.493 e. The Morgan fingerprint density at radius 2 is 2.00 bits per heavy atom. The van der Waals surface area contributed by atoms with Crippen LogP contribution in [-0.2, 0) is 10.1 Å². The van der Waals surface area contributed by atoms with Crippen LogP contribution in [0.3, 0.4) is 0 Å². The van der Waals surface area contributed by atoms with E-state index in [0.29, 0.717) is 12.4 Å². The maximum absolute atomic E-state index is 10.9. The molecule has 0 N–H and O–H groups in total. The van der Waals surface area contributed by atoms with Crippen molar-refractivity contribution in [3.05, 3.63) is 24.3 Å². The summed E-state index contributed by atoms with van der Waals surface area (Å²) < 4.78 is 31.9. The van der Waals surface area contributed by atoms with Gasteiger partial charge in [-0.2, -0.15) is 8.42 Å². The number of rotatable bonds is 6. The van der Waals surface area contributed by atoms with Gasteiger partial charge in [0.25, 0.3) is 0 Å². The monoisotopic (exact) mass is 308 g/mol. The molecule has 90 valence electrons. The van der Waals surface area contributed by atoms with Crippen molar-refractivity contribution in [2.45, 2.75) is 6.42 Å². The van der Waals surface area contributed by atoms with E-state index in [-0.39, 0.29) is 5.75 Å². The molecule has 0 aromatic heterocycles. The highest BCUT2D eigenvalue weighted by molar-refractivity contribution is 9.09. The van der Waals surface area contributed by atoms with Gasteiger partial charge in [0, 0.05) is 11.4 Å². The van der Waals surface area contributed by atoms with Gasteiger partial charge in [0.2, 0.25) is 0 Å². The summed E-state index contributed by atoms with van der Waals surface area (Å²) in [5, 5.41) is 0.868. The second-order valence-corrected chi connectivity index (χ2v) is 5.52. The Hall–Kier alpha value is -0.750. The molecule has 0 heterocycles. The van der Waals surface area contributed by atoms with E-state index in [9.17, 15) is 8.42 Å². The van der Waals surface area contributed by atoms with Gasteiger partial charge in [0.1, 0.15) is 11.5 Å². The first-order valence-corrected chi connectivity index (χ1v) is 7.63. The topological polar surface area (TPSA) is 52.6 Å². The lowest BCUT2D eigenvalue weighted by Crippen LogP contribution is -2.06. The molecule has 0 amide bonds. The number of hydrogen-bond donors (Lipinski definition) is 0. The predicted molar refractivity (Wildman–Crippen MR) is 65.8 cm³/mol. The molecule has 1 aromatic rings. The third-order valence-electron chi connectivity index (χ3n) is 1.60. The minimum atomic E-state index is -3.48. The van der Waals surface area contributed by atoms with Gasteiger partial charge in [0.15, 0.2) is 0 Å². The molecule has 0 unspecified atom stereocenters. The van der Waals surface area contributed by atoms with Gasteiger partial charge in [-0.3, -0.25) is 0 Å². The summed E-state index contributed by atoms with van der Waals surface area (Å²) in [5.41, 5.74) is 0. The Morgan fingerprint density at radius 3 is 2.62 bits per heavy atom. The molecule has 0 radical (unpaired) electrons. The summed E-state index contributed by atoms with van der Waals surface area (Å²) in [7, 11) is -3.48. The maximum atomic E-state index is 10.9. The van der Waals surface area contributed by atoms with E-state index in [4.69, 9.17) is 8.92 Å². The van der Waals surface area contributed by atoms with Crippen molar-refractivity contribution in [2.24, 2.45) is 0 Å². The van der Waals surface area contributed by atoms with Crippen molar-refractivity contribution in [3.8, 4) is 11.5 Å².